The van der Waals surface area contributed by atoms with E-state index >= 15 is 0 Å². The maximum atomic E-state index is 6.07. The smallest absolute Gasteiger partial charge is 0.247 e. The van der Waals surface area contributed by atoms with Gasteiger partial charge in [-0.3, -0.25) is 0 Å². The van der Waals surface area contributed by atoms with Gasteiger partial charge in [0.05, 0.1) is 5.25 Å². The molecule has 0 radical (unpaired) electrons. The number of hydrogen-bond acceptors (Lipinski definition) is 7. The molecule has 0 N–H and O–H groups in total. The van der Waals surface area contributed by atoms with Gasteiger partial charge in [-0.15, -0.1) is 20.4 Å². The Kier molecular flexibility index (Phi) is 6.81. The van der Waals surface area contributed by atoms with Crippen molar-refractivity contribution in [1.29, 1.82) is 0 Å². The van der Waals surface area contributed by atoms with Gasteiger partial charge in [-0.2, -0.15) is 0 Å². The highest BCUT2D eigenvalue weighted by Gasteiger charge is 2.20. The summed E-state index contributed by atoms with van der Waals surface area (Å²) in [5, 5.41) is 18.5. The van der Waals surface area contributed by atoms with Crippen LogP contribution >= 0.6 is 23.4 Å². The minimum Gasteiger partial charge on any atom is -0.419 e. The number of rotatable bonds is 8. The van der Waals surface area contributed by atoms with Crippen LogP contribution in [0.5, 0.6) is 0 Å². The molecule has 0 aliphatic rings. The fourth-order valence-corrected chi connectivity index (χ4v) is 4.46. The van der Waals surface area contributed by atoms with Crippen LogP contribution in [0.4, 0.5) is 5.69 Å². The van der Waals surface area contributed by atoms with E-state index in [1.807, 2.05) is 36.7 Å². The van der Waals surface area contributed by atoms with Gasteiger partial charge >= 0.3 is 0 Å². The van der Waals surface area contributed by atoms with Crippen molar-refractivity contribution in [2.24, 2.45) is 7.05 Å². The van der Waals surface area contributed by atoms with Crippen LogP contribution in [-0.4, -0.2) is 38.1 Å². The molecule has 0 spiro atoms. The monoisotopic (exact) mass is 468 g/mol. The molecule has 0 aliphatic heterocycles. The third kappa shape index (κ3) is 4.66. The molecule has 1 unspecified atom stereocenters. The Labute approximate surface area is 196 Å². The highest BCUT2D eigenvalue weighted by atomic mass is 35.5. The van der Waals surface area contributed by atoms with Crippen LogP contribution in [0.3, 0.4) is 0 Å². The van der Waals surface area contributed by atoms with E-state index in [-0.39, 0.29) is 5.25 Å². The van der Waals surface area contributed by atoms with Crippen molar-refractivity contribution < 1.29 is 4.42 Å². The molecule has 32 heavy (non-hydrogen) atoms. The molecular weight excluding hydrogens is 444 g/mol. The summed E-state index contributed by atoms with van der Waals surface area (Å²) in [6.07, 6.45) is 0. The molecule has 2 aromatic heterocycles. The van der Waals surface area contributed by atoms with Gasteiger partial charge in [-0.05, 0) is 63.2 Å². The second kappa shape index (κ2) is 9.75. The average Bonchev–Trinajstić information content (AvgIpc) is 3.43. The second-order valence-corrected chi connectivity index (χ2v) is 9.04. The van der Waals surface area contributed by atoms with Gasteiger partial charge in [0, 0.05) is 42.0 Å². The first-order chi connectivity index (χ1) is 15.5. The maximum absolute atomic E-state index is 6.07. The van der Waals surface area contributed by atoms with Crippen molar-refractivity contribution in [2.45, 2.75) is 31.2 Å². The first kappa shape index (κ1) is 22.4. The molecular formula is C23H25ClN6OS. The molecule has 4 rings (SSSR count). The van der Waals surface area contributed by atoms with Crippen LogP contribution in [0.2, 0.25) is 5.02 Å². The quantitative estimate of drug-likeness (QED) is 0.299. The molecule has 166 valence electrons. The molecule has 0 fully saturated rings. The molecule has 0 amide bonds. The van der Waals surface area contributed by atoms with E-state index in [9.17, 15) is 0 Å². The van der Waals surface area contributed by atoms with Crippen molar-refractivity contribution in [3.05, 3.63) is 59.4 Å². The minimum absolute atomic E-state index is 0.0868. The third-order valence-corrected chi connectivity index (χ3v) is 6.59. The van der Waals surface area contributed by atoms with E-state index in [2.05, 4.69) is 63.4 Å². The summed E-state index contributed by atoms with van der Waals surface area (Å²) < 4.78 is 7.87. The summed E-state index contributed by atoms with van der Waals surface area (Å²) in [6, 6.07) is 15.8. The van der Waals surface area contributed by atoms with Crippen LogP contribution in [0, 0.1) is 0 Å². The van der Waals surface area contributed by atoms with E-state index in [0.29, 0.717) is 16.8 Å². The Morgan fingerprint density at radius 1 is 1.00 bits per heavy atom. The summed E-state index contributed by atoms with van der Waals surface area (Å²) in [5.41, 5.74) is 3.02. The fourth-order valence-electron chi connectivity index (χ4n) is 3.42. The zero-order valence-corrected chi connectivity index (χ0v) is 20.1. The lowest BCUT2D eigenvalue weighted by Gasteiger charge is -2.21. The first-order valence-corrected chi connectivity index (χ1v) is 11.8. The molecule has 9 heteroatoms. The van der Waals surface area contributed by atoms with Crippen LogP contribution in [0.1, 0.15) is 31.9 Å². The van der Waals surface area contributed by atoms with E-state index < -0.39 is 0 Å². The molecule has 7 nitrogen and oxygen atoms in total. The number of nitrogens with zero attached hydrogens (tertiary/aromatic N) is 6. The van der Waals surface area contributed by atoms with Gasteiger partial charge in [0.15, 0.2) is 11.0 Å². The molecule has 0 bridgehead atoms. The first-order valence-electron chi connectivity index (χ1n) is 10.5. The van der Waals surface area contributed by atoms with E-state index in [4.69, 9.17) is 16.0 Å². The zero-order valence-electron chi connectivity index (χ0n) is 18.5. The van der Waals surface area contributed by atoms with E-state index in [1.54, 1.807) is 6.07 Å². The van der Waals surface area contributed by atoms with Crippen molar-refractivity contribution in [2.75, 3.05) is 18.0 Å². The lowest BCUT2D eigenvalue weighted by Crippen LogP contribution is -2.21. The molecule has 0 aliphatic carbocycles. The Bertz CT molecular complexity index is 1190. The third-order valence-electron chi connectivity index (χ3n) is 5.23. The van der Waals surface area contributed by atoms with Crippen molar-refractivity contribution in [3.63, 3.8) is 0 Å². The molecule has 1 atom stereocenters. The highest BCUT2D eigenvalue weighted by molar-refractivity contribution is 7.99. The SMILES string of the molecule is CCN(CC)c1ccc(-c2nnc(SC(C)c3nnc(-c4cccc(Cl)c4)o3)n2C)cc1. The van der Waals surface area contributed by atoms with Crippen LogP contribution in [0.25, 0.3) is 22.8 Å². The normalized spacial score (nSPS) is 12.2. The number of thioether (sulfide) groups is 1. The summed E-state index contributed by atoms with van der Waals surface area (Å²) >= 11 is 7.59. The number of aromatic nitrogens is 5. The summed E-state index contributed by atoms with van der Waals surface area (Å²) in [6.45, 7) is 8.28. The van der Waals surface area contributed by atoms with Crippen molar-refractivity contribution in [3.8, 4) is 22.8 Å². The van der Waals surface area contributed by atoms with Gasteiger partial charge in [0.1, 0.15) is 0 Å². The Balaban J connectivity index is 1.49. The predicted octanol–water partition coefficient (Wildman–Crippen LogP) is 5.89. The highest BCUT2D eigenvalue weighted by Crippen LogP contribution is 2.35. The van der Waals surface area contributed by atoms with Crippen LogP contribution < -0.4 is 4.90 Å². The number of benzene rings is 2. The van der Waals surface area contributed by atoms with Gasteiger partial charge in [0.2, 0.25) is 11.8 Å². The zero-order chi connectivity index (χ0) is 22.7. The van der Waals surface area contributed by atoms with E-state index in [0.717, 1.165) is 35.2 Å². The molecule has 0 saturated heterocycles. The lowest BCUT2D eigenvalue weighted by molar-refractivity contribution is 0.508. The number of halogens is 1. The average molecular weight is 469 g/mol. The van der Waals surface area contributed by atoms with E-state index in [1.165, 1.54) is 17.4 Å². The molecule has 2 heterocycles. The van der Waals surface area contributed by atoms with Gasteiger partial charge in [-0.25, -0.2) is 0 Å². The van der Waals surface area contributed by atoms with Crippen molar-refractivity contribution >= 4 is 29.1 Å². The van der Waals surface area contributed by atoms with Gasteiger partial charge in [-0.1, -0.05) is 29.4 Å². The standard InChI is InChI=1S/C23H25ClN6OS/c1-5-30(6-2)19-12-10-16(11-13-19)20-25-28-23(29(20)4)32-15(3)21-26-27-22(31-21)17-8-7-9-18(24)14-17/h7-15H,5-6H2,1-4H3. The summed E-state index contributed by atoms with van der Waals surface area (Å²) in [4.78, 5) is 2.31. The predicted molar refractivity (Wildman–Crippen MR) is 129 cm³/mol. The lowest BCUT2D eigenvalue weighted by atomic mass is 10.2. The van der Waals surface area contributed by atoms with Crippen molar-refractivity contribution in [1.82, 2.24) is 25.0 Å². The maximum Gasteiger partial charge on any atom is 0.247 e. The largest absolute Gasteiger partial charge is 0.419 e. The molecule has 4 aromatic rings. The number of hydrogen-bond donors (Lipinski definition) is 0. The van der Waals surface area contributed by atoms with Crippen LogP contribution in [-0.2, 0) is 7.05 Å². The minimum atomic E-state index is -0.0868. The summed E-state index contributed by atoms with van der Waals surface area (Å²) in [7, 11) is 1.97. The second-order valence-electron chi connectivity index (χ2n) is 7.30. The molecule has 0 saturated carbocycles. The molecule has 2 aromatic carbocycles. The Morgan fingerprint density at radius 3 is 2.44 bits per heavy atom. The summed E-state index contributed by atoms with van der Waals surface area (Å²) in [5.74, 6) is 1.79. The van der Waals surface area contributed by atoms with Gasteiger partial charge in [0.25, 0.3) is 0 Å². The number of anilines is 1. The Hall–Kier alpha value is -2.84. The van der Waals surface area contributed by atoms with Crippen LogP contribution in [0.15, 0.2) is 58.1 Å². The van der Waals surface area contributed by atoms with Gasteiger partial charge < -0.3 is 13.9 Å². The topological polar surface area (TPSA) is 72.9 Å². The Morgan fingerprint density at radius 2 is 1.75 bits per heavy atom. The fraction of sp³-hybridized carbons (Fsp3) is 0.304.